The van der Waals surface area contributed by atoms with Gasteiger partial charge < -0.3 is 10.2 Å². The Hall–Kier alpha value is -3.72. The monoisotopic (exact) mass is 581 g/mol. The number of anilines is 1. The molecule has 7 nitrogen and oxygen atoms in total. The van der Waals surface area contributed by atoms with E-state index in [2.05, 4.69) is 5.32 Å². The van der Waals surface area contributed by atoms with Crippen molar-refractivity contribution >= 4 is 27.5 Å². The van der Waals surface area contributed by atoms with Crippen LogP contribution in [0.1, 0.15) is 49.8 Å². The number of amides is 2. The summed E-state index contributed by atoms with van der Waals surface area (Å²) in [6.45, 7) is 6.17. The first kappa shape index (κ1) is 31.8. The molecule has 2 amide bonds. The molecule has 0 aliphatic rings. The standard InChI is InChI=1S/C32H40FN3O4S/c1-5-25(3)34-32(38)30(22-26-13-7-6-8-14-26)35(23-27-15-10-9-12-24(27)2)31(37)16-11-21-36(41(4,39)40)29-19-17-28(33)18-20-29/h6-10,12-15,17-20,25,30H,5,11,16,21-23H2,1-4H3,(H,34,38)/t25-,30+/m0/s1. The summed E-state index contributed by atoms with van der Waals surface area (Å²) in [7, 11) is -3.67. The van der Waals surface area contributed by atoms with E-state index in [1.165, 1.54) is 28.6 Å². The topological polar surface area (TPSA) is 86.8 Å². The molecule has 0 radical (unpaired) electrons. The van der Waals surface area contributed by atoms with Gasteiger partial charge in [-0.05, 0) is 67.6 Å². The van der Waals surface area contributed by atoms with Crippen molar-refractivity contribution in [1.29, 1.82) is 0 Å². The van der Waals surface area contributed by atoms with Crippen LogP contribution in [0.25, 0.3) is 0 Å². The predicted octanol–water partition coefficient (Wildman–Crippen LogP) is 5.24. The Bertz CT molecular complexity index is 1400. The van der Waals surface area contributed by atoms with Crippen LogP contribution < -0.4 is 9.62 Å². The number of hydrogen-bond donors (Lipinski definition) is 1. The fourth-order valence-electron chi connectivity index (χ4n) is 4.58. The number of carbonyl (C=O) groups excluding carboxylic acids is 2. The van der Waals surface area contributed by atoms with Crippen molar-refractivity contribution in [3.63, 3.8) is 0 Å². The number of halogens is 1. The normalized spacial score (nSPS) is 12.8. The van der Waals surface area contributed by atoms with Crippen molar-refractivity contribution < 1.29 is 22.4 Å². The first-order valence-corrected chi connectivity index (χ1v) is 15.8. The van der Waals surface area contributed by atoms with Crippen LogP contribution in [0, 0.1) is 12.7 Å². The molecule has 0 aliphatic heterocycles. The fraction of sp³-hybridized carbons (Fsp3) is 0.375. The summed E-state index contributed by atoms with van der Waals surface area (Å²) in [6, 6.07) is 21.7. The molecule has 220 valence electrons. The van der Waals surface area contributed by atoms with E-state index in [1.54, 1.807) is 4.90 Å². The smallest absolute Gasteiger partial charge is 0.243 e. The van der Waals surface area contributed by atoms with Crippen molar-refractivity contribution in [2.24, 2.45) is 0 Å². The van der Waals surface area contributed by atoms with Gasteiger partial charge in [0.15, 0.2) is 0 Å². The summed E-state index contributed by atoms with van der Waals surface area (Å²) in [5, 5.41) is 3.05. The Morgan fingerprint density at radius 3 is 2.20 bits per heavy atom. The number of nitrogens with zero attached hydrogens (tertiary/aromatic N) is 2. The molecule has 0 aliphatic carbocycles. The molecule has 41 heavy (non-hydrogen) atoms. The zero-order valence-corrected chi connectivity index (χ0v) is 25.0. The minimum absolute atomic E-state index is 0.0288. The van der Waals surface area contributed by atoms with Gasteiger partial charge in [0, 0.05) is 32.0 Å². The molecule has 0 spiro atoms. The Balaban J connectivity index is 1.89. The highest BCUT2D eigenvalue weighted by atomic mass is 32.2. The average molecular weight is 582 g/mol. The summed E-state index contributed by atoms with van der Waals surface area (Å²) >= 11 is 0. The fourth-order valence-corrected chi connectivity index (χ4v) is 5.54. The second-order valence-corrected chi connectivity index (χ2v) is 12.3. The second kappa shape index (κ2) is 14.8. The van der Waals surface area contributed by atoms with E-state index in [-0.39, 0.29) is 43.8 Å². The molecule has 3 aromatic rings. The van der Waals surface area contributed by atoms with Crippen molar-refractivity contribution in [3.8, 4) is 0 Å². The van der Waals surface area contributed by atoms with E-state index < -0.39 is 21.9 Å². The Morgan fingerprint density at radius 1 is 0.951 bits per heavy atom. The van der Waals surface area contributed by atoms with Gasteiger partial charge in [0.25, 0.3) is 0 Å². The summed E-state index contributed by atoms with van der Waals surface area (Å²) < 4.78 is 39.7. The molecule has 0 heterocycles. The average Bonchev–Trinajstić information content (AvgIpc) is 2.94. The zero-order valence-electron chi connectivity index (χ0n) is 24.2. The van der Waals surface area contributed by atoms with Gasteiger partial charge in [-0.25, -0.2) is 12.8 Å². The molecule has 2 atom stereocenters. The summed E-state index contributed by atoms with van der Waals surface area (Å²) in [6.07, 6.45) is 2.42. The minimum atomic E-state index is -3.67. The van der Waals surface area contributed by atoms with Gasteiger partial charge in [-0.1, -0.05) is 61.5 Å². The Morgan fingerprint density at radius 2 is 1.59 bits per heavy atom. The maximum Gasteiger partial charge on any atom is 0.243 e. The molecule has 0 fully saturated rings. The molecule has 9 heteroatoms. The van der Waals surface area contributed by atoms with Crippen molar-refractivity contribution in [3.05, 3.63) is 101 Å². The number of sulfonamides is 1. The van der Waals surface area contributed by atoms with Crippen molar-refractivity contribution in [1.82, 2.24) is 10.2 Å². The van der Waals surface area contributed by atoms with Crippen LogP contribution in [0.5, 0.6) is 0 Å². The number of aryl methyl sites for hydroxylation is 1. The highest BCUT2D eigenvalue weighted by Crippen LogP contribution is 2.21. The first-order valence-electron chi connectivity index (χ1n) is 13.9. The Kier molecular flexibility index (Phi) is 11.5. The number of carbonyl (C=O) groups is 2. The largest absolute Gasteiger partial charge is 0.352 e. The molecule has 3 aromatic carbocycles. The second-order valence-electron chi connectivity index (χ2n) is 10.4. The van der Waals surface area contributed by atoms with E-state index in [9.17, 15) is 22.4 Å². The third kappa shape index (κ3) is 9.42. The van der Waals surface area contributed by atoms with Crippen LogP contribution in [-0.2, 0) is 32.6 Å². The van der Waals surface area contributed by atoms with Gasteiger partial charge in [0.2, 0.25) is 21.8 Å². The SMILES string of the molecule is CC[C@H](C)NC(=O)[C@@H](Cc1ccccc1)N(Cc1ccccc1C)C(=O)CCCN(c1ccc(F)cc1)S(C)(=O)=O. The number of rotatable bonds is 14. The van der Waals surface area contributed by atoms with E-state index in [1.807, 2.05) is 75.4 Å². The minimum Gasteiger partial charge on any atom is -0.352 e. The first-order chi connectivity index (χ1) is 19.5. The molecule has 0 saturated heterocycles. The summed E-state index contributed by atoms with van der Waals surface area (Å²) in [5.74, 6) is -0.945. The van der Waals surface area contributed by atoms with E-state index in [0.717, 1.165) is 29.4 Å². The highest BCUT2D eigenvalue weighted by Gasteiger charge is 2.31. The van der Waals surface area contributed by atoms with Gasteiger partial charge in [0.05, 0.1) is 11.9 Å². The van der Waals surface area contributed by atoms with Crippen LogP contribution in [0.3, 0.4) is 0 Å². The molecule has 1 N–H and O–H groups in total. The predicted molar refractivity (Wildman–Crippen MR) is 161 cm³/mol. The quantitative estimate of drug-likeness (QED) is 0.282. The summed E-state index contributed by atoms with van der Waals surface area (Å²) in [4.78, 5) is 29.2. The van der Waals surface area contributed by atoms with E-state index in [0.29, 0.717) is 12.1 Å². The molecule has 3 rings (SSSR count). The van der Waals surface area contributed by atoms with Crippen LogP contribution in [0.4, 0.5) is 10.1 Å². The maximum atomic E-state index is 13.9. The van der Waals surface area contributed by atoms with Crippen molar-refractivity contribution in [2.75, 3.05) is 17.1 Å². The molecular formula is C32H40FN3O4S. The van der Waals surface area contributed by atoms with Crippen LogP contribution in [-0.4, -0.2) is 50.0 Å². The third-order valence-corrected chi connectivity index (χ3v) is 8.33. The van der Waals surface area contributed by atoms with Gasteiger partial charge in [-0.3, -0.25) is 13.9 Å². The van der Waals surface area contributed by atoms with Crippen LogP contribution in [0.15, 0.2) is 78.9 Å². The lowest BCUT2D eigenvalue weighted by molar-refractivity contribution is -0.141. The lowest BCUT2D eigenvalue weighted by Crippen LogP contribution is -2.52. The lowest BCUT2D eigenvalue weighted by atomic mass is 10.0. The highest BCUT2D eigenvalue weighted by molar-refractivity contribution is 7.92. The van der Waals surface area contributed by atoms with Gasteiger partial charge in [-0.15, -0.1) is 0 Å². The molecule has 0 bridgehead atoms. The zero-order chi connectivity index (χ0) is 30.0. The van der Waals surface area contributed by atoms with Crippen molar-refractivity contribution in [2.45, 2.75) is 65.1 Å². The Labute approximate surface area is 243 Å². The lowest BCUT2D eigenvalue weighted by Gasteiger charge is -2.33. The number of hydrogen-bond acceptors (Lipinski definition) is 4. The summed E-state index contributed by atoms with van der Waals surface area (Å²) in [5.41, 5.74) is 3.19. The van der Waals surface area contributed by atoms with E-state index >= 15 is 0 Å². The van der Waals surface area contributed by atoms with Crippen LogP contribution >= 0.6 is 0 Å². The van der Waals surface area contributed by atoms with Gasteiger partial charge in [-0.2, -0.15) is 0 Å². The number of nitrogens with one attached hydrogen (secondary N) is 1. The maximum absolute atomic E-state index is 13.9. The molecule has 0 aromatic heterocycles. The third-order valence-electron chi connectivity index (χ3n) is 7.14. The van der Waals surface area contributed by atoms with E-state index in [4.69, 9.17) is 0 Å². The van der Waals surface area contributed by atoms with Gasteiger partial charge >= 0.3 is 0 Å². The number of benzene rings is 3. The molecule has 0 saturated carbocycles. The molecule has 0 unspecified atom stereocenters. The van der Waals surface area contributed by atoms with Crippen LogP contribution in [0.2, 0.25) is 0 Å². The van der Waals surface area contributed by atoms with Gasteiger partial charge in [0.1, 0.15) is 11.9 Å². The molecular weight excluding hydrogens is 541 g/mol.